The van der Waals surface area contributed by atoms with Crippen LogP contribution in [0.2, 0.25) is 0 Å². The van der Waals surface area contributed by atoms with Gasteiger partial charge < -0.3 is 10.2 Å². The van der Waals surface area contributed by atoms with Crippen molar-refractivity contribution in [3.63, 3.8) is 0 Å². The van der Waals surface area contributed by atoms with Gasteiger partial charge in [-0.1, -0.05) is 24.3 Å². The van der Waals surface area contributed by atoms with Gasteiger partial charge in [-0.3, -0.25) is 0 Å². The molecular weight excluding hydrogens is 298 g/mol. The fourth-order valence-corrected chi connectivity index (χ4v) is 2.60. The van der Waals surface area contributed by atoms with Crippen LogP contribution in [0.4, 0.5) is 5.13 Å². The highest BCUT2D eigenvalue weighted by Crippen LogP contribution is 2.28. The third-order valence-corrected chi connectivity index (χ3v) is 3.68. The Balaban J connectivity index is 1.70. The number of hydrogen-bond acceptors (Lipinski definition) is 6. The normalized spacial score (nSPS) is 11.1. The highest BCUT2D eigenvalue weighted by Gasteiger charge is 2.04. The molecule has 0 amide bonds. The topological polar surface area (TPSA) is 78.1 Å². The number of hydrogen-bond donors (Lipinski definition) is 2. The molecule has 0 aliphatic carbocycles. The molecule has 1 heterocycles. The molecule has 6 heteroatoms. The number of azo groups is 1. The van der Waals surface area contributed by atoms with Gasteiger partial charge >= 0.3 is 0 Å². The van der Waals surface area contributed by atoms with Crippen LogP contribution >= 0.6 is 11.3 Å². The summed E-state index contributed by atoms with van der Waals surface area (Å²) in [5.74, 6) is 0.422. The lowest BCUT2D eigenvalue weighted by atomic mass is 10.2. The number of aromatic hydroxyl groups is 2. The number of nitrogens with zero attached hydrogens (tertiary/aromatic N) is 3. The van der Waals surface area contributed by atoms with Gasteiger partial charge in [-0.2, -0.15) is 5.11 Å². The molecule has 2 aromatic carbocycles. The Kier molecular flexibility index (Phi) is 4.11. The van der Waals surface area contributed by atoms with E-state index >= 15 is 0 Å². The molecule has 0 radical (unpaired) electrons. The van der Waals surface area contributed by atoms with Crippen molar-refractivity contribution >= 4 is 16.5 Å². The minimum absolute atomic E-state index is 0.206. The summed E-state index contributed by atoms with van der Waals surface area (Å²) in [5.41, 5.74) is 2.48. The van der Waals surface area contributed by atoms with Crippen LogP contribution in [0.1, 0.15) is 5.56 Å². The number of phenols is 2. The van der Waals surface area contributed by atoms with Crippen LogP contribution in [0, 0.1) is 0 Å². The first-order chi connectivity index (χ1) is 10.7. The third-order valence-electron chi connectivity index (χ3n) is 2.95. The average molecular weight is 311 g/mol. The molecule has 110 valence electrons. The van der Waals surface area contributed by atoms with Crippen molar-refractivity contribution in [2.75, 3.05) is 0 Å². The van der Waals surface area contributed by atoms with Gasteiger partial charge in [0.1, 0.15) is 11.5 Å². The maximum absolute atomic E-state index is 9.48. The Morgan fingerprint density at radius 3 is 2.55 bits per heavy atom. The number of aromatic nitrogens is 1. The number of phenolic OH excluding ortho intramolecular Hbond substituents is 2. The van der Waals surface area contributed by atoms with Crippen LogP contribution in [-0.4, -0.2) is 15.2 Å². The van der Waals surface area contributed by atoms with Gasteiger partial charge in [0.25, 0.3) is 0 Å². The van der Waals surface area contributed by atoms with Crippen LogP contribution in [0.3, 0.4) is 0 Å². The highest BCUT2D eigenvalue weighted by atomic mass is 32.1. The Morgan fingerprint density at radius 1 is 1.00 bits per heavy atom. The van der Waals surface area contributed by atoms with Crippen LogP contribution in [0.25, 0.3) is 11.3 Å². The second-order valence-electron chi connectivity index (χ2n) is 4.64. The maximum Gasteiger partial charge on any atom is 0.230 e. The number of rotatable bonds is 4. The van der Waals surface area contributed by atoms with Crippen LogP contribution in [0.15, 0.2) is 64.1 Å². The molecule has 0 atom stereocenters. The van der Waals surface area contributed by atoms with E-state index in [2.05, 4.69) is 15.2 Å². The summed E-state index contributed by atoms with van der Waals surface area (Å²) in [4.78, 5) is 4.37. The number of benzene rings is 2. The predicted octanol–water partition coefficient (Wildman–Crippen LogP) is 4.51. The molecule has 0 unspecified atom stereocenters. The Morgan fingerprint density at radius 2 is 1.77 bits per heavy atom. The monoisotopic (exact) mass is 311 g/mol. The molecule has 0 spiro atoms. The van der Waals surface area contributed by atoms with Crippen LogP contribution in [-0.2, 0) is 6.54 Å². The zero-order chi connectivity index (χ0) is 15.4. The smallest absolute Gasteiger partial charge is 0.230 e. The lowest BCUT2D eigenvalue weighted by molar-refractivity contribution is 0.474. The quantitative estimate of drug-likeness (QED) is 0.696. The van der Waals surface area contributed by atoms with E-state index in [0.29, 0.717) is 11.7 Å². The summed E-state index contributed by atoms with van der Waals surface area (Å²) in [7, 11) is 0. The van der Waals surface area contributed by atoms with E-state index in [1.54, 1.807) is 36.4 Å². The Labute approximate surface area is 131 Å². The van der Waals surface area contributed by atoms with Crippen molar-refractivity contribution in [2.24, 2.45) is 10.2 Å². The Hall–Kier alpha value is -2.73. The van der Waals surface area contributed by atoms with E-state index in [9.17, 15) is 10.2 Å². The van der Waals surface area contributed by atoms with Gasteiger partial charge in [-0.25, -0.2) is 4.98 Å². The predicted molar refractivity (Wildman–Crippen MR) is 85.5 cm³/mol. The first kappa shape index (κ1) is 14.2. The Bertz CT molecular complexity index is 814. The van der Waals surface area contributed by atoms with Gasteiger partial charge in [-0.05, 0) is 29.8 Å². The van der Waals surface area contributed by atoms with E-state index in [4.69, 9.17) is 0 Å². The molecule has 3 rings (SSSR count). The zero-order valence-corrected chi connectivity index (χ0v) is 12.4. The molecule has 0 saturated carbocycles. The number of thiazole rings is 1. The van der Waals surface area contributed by atoms with Crippen molar-refractivity contribution in [3.8, 4) is 22.8 Å². The molecular formula is C16H13N3O2S. The molecule has 5 nitrogen and oxygen atoms in total. The fourth-order valence-electron chi connectivity index (χ4n) is 1.94. The molecule has 0 saturated heterocycles. The van der Waals surface area contributed by atoms with Crippen molar-refractivity contribution in [1.29, 1.82) is 0 Å². The van der Waals surface area contributed by atoms with E-state index in [1.807, 2.05) is 17.5 Å². The first-order valence-corrected chi connectivity index (χ1v) is 7.49. The summed E-state index contributed by atoms with van der Waals surface area (Å²) in [6.45, 7) is 0.384. The molecule has 2 N–H and O–H groups in total. The molecule has 0 aliphatic heterocycles. The first-order valence-electron chi connectivity index (χ1n) is 6.61. The van der Waals surface area contributed by atoms with Gasteiger partial charge in [0.15, 0.2) is 0 Å². The van der Waals surface area contributed by atoms with E-state index in [0.717, 1.165) is 16.8 Å². The van der Waals surface area contributed by atoms with Crippen molar-refractivity contribution in [1.82, 2.24) is 4.98 Å². The van der Waals surface area contributed by atoms with Gasteiger partial charge in [0.05, 0.1) is 12.2 Å². The summed E-state index contributed by atoms with van der Waals surface area (Å²) in [5, 5.41) is 29.5. The molecule has 0 aliphatic rings. The van der Waals surface area contributed by atoms with E-state index in [1.165, 1.54) is 11.3 Å². The lowest BCUT2D eigenvalue weighted by Gasteiger charge is -1.96. The van der Waals surface area contributed by atoms with E-state index < -0.39 is 0 Å². The largest absolute Gasteiger partial charge is 0.508 e. The zero-order valence-electron chi connectivity index (χ0n) is 11.5. The van der Waals surface area contributed by atoms with Crippen molar-refractivity contribution < 1.29 is 10.2 Å². The molecule has 0 bridgehead atoms. The van der Waals surface area contributed by atoms with Gasteiger partial charge in [-0.15, -0.1) is 16.5 Å². The summed E-state index contributed by atoms with van der Waals surface area (Å²) >= 11 is 1.39. The minimum atomic E-state index is 0.206. The lowest BCUT2D eigenvalue weighted by Crippen LogP contribution is -1.79. The summed E-state index contributed by atoms with van der Waals surface area (Å²) in [6.07, 6.45) is 0. The van der Waals surface area contributed by atoms with Gasteiger partial charge in [0, 0.05) is 10.9 Å². The van der Waals surface area contributed by atoms with Gasteiger partial charge in [0.2, 0.25) is 5.13 Å². The summed E-state index contributed by atoms with van der Waals surface area (Å²) in [6, 6.07) is 13.8. The van der Waals surface area contributed by atoms with E-state index in [-0.39, 0.29) is 11.5 Å². The third kappa shape index (κ3) is 3.48. The molecule has 22 heavy (non-hydrogen) atoms. The molecule has 0 fully saturated rings. The maximum atomic E-state index is 9.48. The minimum Gasteiger partial charge on any atom is -0.508 e. The molecule has 1 aromatic heterocycles. The average Bonchev–Trinajstić information content (AvgIpc) is 2.96. The summed E-state index contributed by atoms with van der Waals surface area (Å²) < 4.78 is 0. The van der Waals surface area contributed by atoms with Crippen molar-refractivity contribution in [3.05, 3.63) is 59.5 Å². The highest BCUT2D eigenvalue weighted by molar-refractivity contribution is 7.13. The second kappa shape index (κ2) is 6.36. The standard InChI is InChI=1S/C16H13N3O2S/c20-13-5-1-3-11(7-13)9-17-19-16-18-15(10-22-16)12-4-2-6-14(21)8-12/h1-8,10,20-21H,9H2. The molecule has 3 aromatic rings. The van der Waals surface area contributed by atoms with Crippen LogP contribution < -0.4 is 0 Å². The fraction of sp³-hybridized carbons (Fsp3) is 0.0625. The second-order valence-corrected chi connectivity index (χ2v) is 5.47. The SMILES string of the molecule is Oc1cccc(CN=Nc2nc(-c3cccc(O)c3)cs2)c1. The van der Waals surface area contributed by atoms with Crippen molar-refractivity contribution in [2.45, 2.75) is 6.54 Å². The van der Waals surface area contributed by atoms with Crippen LogP contribution in [0.5, 0.6) is 11.5 Å².